The Labute approximate surface area is 119 Å². The molecule has 0 saturated heterocycles. The van der Waals surface area contributed by atoms with Crippen LogP contribution in [0.2, 0.25) is 0 Å². The molecule has 1 amide bonds. The second-order valence-corrected chi connectivity index (χ2v) is 4.41. The minimum Gasteiger partial charge on any atom is -0.466 e. The van der Waals surface area contributed by atoms with Gasteiger partial charge in [-0.1, -0.05) is 30.3 Å². The summed E-state index contributed by atoms with van der Waals surface area (Å²) in [5, 5.41) is 23.3. The smallest absolute Gasteiger partial charge is 0.339 e. The number of amides is 1. The predicted molar refractivity (Wildman–Crippen MR) is 70.3 cm³/mol. The zero-order valence-electron chi connectivity index (χ0n) is 11.0. The van der Waals surface area contributed by atoms with Crippen LogP contribution in [0.25, 0.3) is 5.70 Å². The zero-order valence-corrected chi connectivity index (χ0v) is 11.0. The van der Waals surface area contributed by atoms with Crippen LogP contribution in [0.4, 0.5) is 0 Å². The summed E-state index contributed by atoms with van der Waals surface area (Å²) >= 11 is 0. The second-order valence-electron chi connectivity index (χ2n) is 4.41. The van der Waals surface area contributed by atoms with Crippen LogP contribution in [-0.2, 0) is 14.3 Å². The van der Waals surface area contributed by atoms with Gasteiger partial charge in [0.05, 0.1) is 12.8 Å². The Morgan fingerprint density at radius 2 is 2.05 bits per heavy atom. The van der Waals surface area contributed by atoms with Crippen molar-refractivity contribution in [2.24, 2.45) is 0 Å². The fraction of sp³-hybridized carbons (Fsp3) is 0.231. The van der Waals surface area contributed by atoms with E-state index in [2.05, 4.69) is 10.1 Å². The van der Waals surface area contributed by atoms with Crippen LogP contribution >= 0.6 is 0 Å². The second kappa shape index (κ2) is 5.33. The fourth-order valence-corrected chi connectivity index (χ4v) is 2.13. The maximum absolute atomic E-state index is 11.9. The lowest BCUT2D eigenvalue weighted by Crippen LogP contribution is -2.48. The van der Waals surface area contributed by atoms with Gasteiger partial charge in [-0.05, 0) is 5.56 Å². The van der Waals surface area contributed by atoms with E-state index in [4.69, 9.17) is 0 Å². The van der Waals surface area contributed by atoms with E-state index in [1.54, 1.807) is 30.3 Å². The lowest BCUT2D eigenvalue weighted by molar-refractivity contribution is -0.493. The lowest BCUT2D eigenvalue weighted by Gasteiger charge is -2.17. The van der Waals surface area contributed by atoms with Gasteiger partial charge in [-0.25, -0.2) is 4.79 Å². The van der Waals surface area contributed by atoms with Crippen LogP contribution in [0.3, 0.4) is 0 Å². The minimum absolute atomic E-state index is 0.0109. The zero-order chi connectivity index (χ0) is 15.6. The normalized spacial score (nSPS) is 21.1. The van der Waals surface area contributed by atoms with Crippen molar-refractivity contribution in [2.45, 2.75) is 5.60 Å². The maximum Gasteiger partial charge on any atom is 0.339 e. The van der Waals surface area contributed by atoms with Gasteiger partial charge in [-0.2, -0.15) is 0 Å². The Morgan fingerprint density at radius 1 is 1.43 bits per heavy atom. The quantitative estimate of drug-likeness (QED) is 0.447. The monoisotopic (exact) mass is 292 g/mol. The Bertz CT molecular complexity index is 639. The number of hydrogen-bond acceptors (Lipinski definition) is 6. The largest absolute Gasteiger partial charge is 0.466 e. The van der Waals surface area contributed by atoms with E-state index < -0.39 is 34.5 Å². The van der Waals surface area contributed by atoms with Crippen LogP contribution in [0, 0.1) is 10.1 Å². The van der Waals surface area contributed by atoms with Gasteiger partial charge in [-0.3, -0.25) is 14.9 Å². The molecule has 1 aliphatic heterocycles. The first kappa shape index (κ1) is 14.7. The van der Waals surface area contributed by atoms with Gasteiger partial charge in [0.2, 0.25) is 12.1 Å². The number of esters is 1. The van der Waals surface area contributed by atoms with E-state index in [0.29, 0.717) is 5.56 Å². The molecule has 110 valence electrons. The molecule has 8 nitrogen and oxygen atoms in total. The number of benzene rings is 1. The molecule has 2 N–H and O–H groups in total. The van der Waals surface area contributed by atoms with E-state index in [-0.39, 0.29) is 5.70 Å². The van der Waals surface area contributed by atoms with Crippen LogP contribution in [-0.4, -0.2) is 41.2 Å². The molecule has 1 aromatic rings. The molecule has 21 heavy (non-hydrogen) atoms. The molecule has 8 heteroatoms. The van der Waals surface area contributed by atoms with Crippen LogP contribution in [0.1, 0.15) is 5.56 Å². The average molecular weight is 292 g/mol. The number of nitro groups is 1. The Hall–Kier alpha value is -2.74. The van der Waals surface area contributed by atoms with Crippen LogP contribution in [0.15, 0.2) is 35.9 Å². The molecule has 0 bridgehead atoms. The number of ether oxygens (including phenoxy) is 1. The van der Waals surface area contributed by atoms with Crippen LogP contribution in [0.5, 0.6) is 0 Å². The van der Waals surface area contributed by atoms with Crippen molar-refractivity contribution in [3.63, 3.8) is 0 Å². The third-order valence-corrected chi connectivity index (χ3v) is 3.09. The summed E-state index contributed by atoms with van der Waals surface area (Å²) in [5.41, 5.74) is -2.57. The lowest BCUT2D eigenvalue weighted by atomic mass is 9.93. The van der Waals surface area contributed by atoms with Gasteiger partial charge in [0.25, 0.3) is 5.91 Å². The fourth-order valence-electron chi connectivity index (χ4n) is 2.13. The van der Waals surface area contributed by atoms with E-state index in [1.165, 1.54) is 0 Å². The number of nitrogens with one attached hydrogen (secondary N) is 1. The first-order chi connectivity index (χ1) is 9.90. The summed E-state index contributed by atoms with van der Waals surface area (Å²) in [6.45, 7) is -1.13. The van der Waals surface area contributed by atoms with Gasteiger partial charge < -0.3 is 15.2 Å². The summed E-state index contributed by atoms with van der Waals surface area (Å²) in [4.78, 5) is 33.6. The van der Waals surface area contributed by atoms with Gasteiger partial charge >= 0.3 is 5.97 Å². The molecule has 0 aromatic heterocycles. The standard InChI is InChI=1S/C13H12N2O6/c1-21-11(16)9-10(8-5-3-2-4-6-8)14-12(17)13(9,18)7-15(19)20/h2-6,18H,7H2,1H3,(H,14,17)/t13-/m1/s1. The van der Waals surface area contributed by atoms with E-state index in [0.717, 1.165) is 7.11 Å². The summed E-state index contributed by atoms with van der Waals surface area (Å²) in [5.74, 6) is -2.03. The average Bonchev–Trinajstić information content (AvgIpc) is 2.70. The topological polar surface area (TPSA) is 119 Å². The summed E-state index contributed by atoms with van der Waals surface area (Å²) in [6.07, 6.45) is 0. The highest BCUT2D eigenvalue weighted by Crippen LogP contribution is 2.33. The Kier molecular flexibility index (Phi) is 3.72. The Balaban J connectivity index is 2.62. The summed E-state index contributed by atoms with van der Waals surface area (Å²) in [6, 6.07) is 8.23. The number of methoxy groups -OCH3 is 1. The molecule has 0 spiro atoms. The third-order valence-electron chi connectivity index (χ3n) is 3.09. The number of rotatable bonds is 4. The number of aliphatic hydroxyl groups is 1. The van der Waals surface area contributed by atoms with Crippen molar-refractivity contribution in [3.05, 3.63) is 51.6 Å². The maximum atomic E-state index is 11.9. The summed E-state index contributed by atoms with van der Waals surface area (Å²) in [7, 11) is 1.06. The predicted octanol–water partition coefficient (Wildman–Crippen LogP) is -0.292. The number of carbonyl (C=O) groups is 2. The third kappa shape index (κ3) is 2.48. The molecule has 1 aromatic carbocycles. The Morgan fingerprint density at radius 3 is 2.57 bits per heavy atom. The van der Waals surface area contributed by atoms with E-state index >= 15 is 0 Å². The van der Waals surface area contributed by atoms with Crippen LogP contribution < -0.4 is 5.32 Å². The molecule has 0 saturated carbocycles. The molecular formula is C13H12N2O6. The van der Waals surface area contributed by atoms with E-state index in [1.807, 2.05) is 0 Å². The van der Waals surface area contributed by atoms with Crippen molar-refractivity contribution in [2.75, 3.05) is 13.7 Å². The first-order valence-electron chi connectivity index (χ1n) is 5.94. The molecule has 0 aliphatic carbocycles. The molecule has 1 aliphatic rings. The molecule has 2 rings (SSSR count). The molecule has 1 heterocycles. The van der Waals surface area contributed by atoms with E-state index in [9.17, 15) is 24.8 Å². The highest BCUT2D eigenvalue weighted by atomic mass is 16.6. The van der Waals surface area contributed by atoms with Crippen molar-refractivity contribution in [3.8, 4) is 0 Å². The SMILES string of the molecule is COC(=O)C1=C(c2ccccc2)NC(=O)[C@@]1(O)C[N+](=O)[O-]. The molecule has 0 unspecified atom stereocenters. The first-order valence-corrected chi connectivity index (χ1v) is 5.94. The highest BCUT2D eigenvalue weighted by Gasteiger charge is 2.55. The van der Waals surface area contributed by atoms with Crippen molar-refractivity contribution in [1.82, 2.24) is 5.32 Å². The molecular weight excluding hydrogens is 280 g/mol. The number of carbonyl (C=O) groups excluding carboxylic acids is 2. The van der Waals surface area contributed by atoms with Gasteiger partial charge in [0.1, 0.15) is 5.57 Å². The van der Waals surface area contributed by atoms with Crippen molar-refractivity contribution < 1.29 is 24.4 Å². The van der Waals surface area contributed by atoms with Crippen molar-refractivity contribution in [1.29, 1.82) is 0 Å². The van der Waals surface area contributed by atoms with Gasteiger partial charge in [-0.15, -0.1) is 0 Å². The molecule has 0 radical (unpaired) electrons. The van der Waals surface area contributed by atoms with Gasteiger partial charge in [0.15, 0.2) is 0 Å². The van der Waals surface area contributed by atoms with Gasteiger partial charge in [0, 0.05) is 4.92 Å². The van der Waals surface area contributed by atoms with Crippen molar-refractivity contribution >= 4 is 17.6 Å². The minimum atomic E-state index is -2.55. The highest BCUT2D eigenvalue weighted by molar-refractivity contribution is 6.15. The summed E-state index contributed by atoms with van der Waals surface area (Å²) < 4.78 is 4.54. The molecule has 1 atom stereocenters. The molecule has 0 fully saturated rings. The number of nitrogens with zero attached hydrogens (tertiary/aromatic N) is 1. The number of hydrogen-bond donors (Lipinski definition) is 2.